The molecule has 0 rings (SSSR count). The highest BCUT2D eigenvalue weighted by Gasteiger charge is 1.76. The number of carbonyl (C=O) groups excluding carboxylic acids is 2. The van der Waals surface area contributed by atoms with Crippen LogP contribution in [-0.2, 0) is 14.3 Å². The third-order valence-corrected chi connectivity index (χ3v) is 0.441. The van der Waals surface area contributed by atoms with Crippen LogP contribution >= 0.6 is 0 Å². The number of isocyanates is 2. The Morgan fingerprint density at radius 3 is 1.89 bits per heavy atom. The first-order valence-electron chi connectivity index (χ1n) is 2.07. The molecule has 0 atom stereocenters. The number of hydrogen-bond acceptors (Lipinski definition) is 5. The highest BCUT2D eigenvalue weighted by atomic mass is 16.5. The van der Waals surface area contributed by atoms with E-state index in [0.717, 1.165) is 0 Å². The molecule has 5 heteroatoms. The van der Waals surface area contributed by atoms with Gasteiger partial charge in [-0.05, 0) is 0 Å². The van der Waals surface area contributed by atoms with Crippen LogP contribution in [0.5, 0.6) is 0 Å². The van der Waals surface area contributed by atoms with Crippen LogP contribution in [0.1, 0.15) is 0 Å². The molecule has 0 N–H and O–H groups in total. The average Bonchev–Trinajstić information content (AvgIpc) is 1.89. The van der Waals surface area contributed by atoms with Gasteiger partial charge in [-0.3, -0.25) is 0 Å². The van der Waals surface area contributed by atoms with E-state index in [2.05, 4.69) is 14.7 Å². The lowest BCUT2D eigenvalue weighted by Gasteiger charge is -1.86. The van der Waals surface area contributed by atoms with Crippen LogP contribution in [0.3, 0.4) is 0 Å². The van der Waals surface area contributed by atoms with Gasteiger partial charge in [-0.2, -0.15) is 9.98 Å². The van der Waals surface area contributed by atoms with E-state index in [9.17, 15) is 9.59 Å². The van der Waals surface area contributed by atoms with Gasteiger partial charge >= 0.3 is 0 Å². The summed E-state index contributed by atoms with van der Waals surface area (Å²) >= 11 is 0. The molecule has 0 aliphatic heterocycles. The quantitative estimate of drug-likeness (QED) is 0.293. The molecule has 0 saturated heterocycles. The summed E-state index contributed by atoms with van der Waals surface area (Å²) in [6.45, 7) is -0.233. The zero-order valence-corrected chi connectivity index (χ0v) is 4.53. The van der Waals surface area contributed by atoms with Crippen molar-refractivity contribution in [3.8, 4) is 0 Å². The zero-order valence-electron chi connectivity index (χ0n) is 4.53. The van der Waals surface area contributed by atoms with E-state index in [1.807, 2.05) is 0 Å². The molecule has 0 aromatic heterocycles. The molecule has 0 aliphatic rings. The van der Waals surface area contributed by atoms with E-state index in [0.29, 0.717) is 0 Å². The highest BCUT2D eigenvalue weighted by molar-refractivity contribution is 5.32. The van der Waals surface area contributed by atoms with Crippen LogP contribution in [-0.4, -0.2) is 25.6 Å². The fourth-order valence-corrected chi connectivity index (χ4v) is 0.185. The van der Waals surface area contributed by atoms with E-state index < -0.39 is 0 Å². The maximum absolute atomic E-state index is 9.36. The van der Waals surface area contributed by atoms with Gasteiger partial charge in [0.2, 0.25) is 12.2 Å². The van der Waals surface area contributed by atoms with Crippen LogP contribution in [0.2, 0.25) is 0 Å². The SMILES string of the molecule is O=C=NCOCN=C=O. The van der Waals surface area contributed by atoms with Crippen LogP contribution < -0.4 is 0 Å². The van der Waals surface area contributed by atoms with Gasteiger partial charge in [0.1, 0.15) is 0 Å². The summed E-state index contributed by atoms with van der Waals surface area (Å²) in [4.78, 5) is 24.8. The maximum atomic E-state index is 9.36. The molecule has 48 valence electrons. The second-order valence-corrected chi connectivity index (χ2v) is 0.961. The predicted molar refractivity (Wildman–Crippen MR) is 27.1 cm³/mol. The van der Waals surface area contributed by atoms with Crippen LogP contribution in [0.15, 0.2) is 9.98 Å². The summed E-state index contributed by atoms with van der Waals surface area (Å²) in [7, 11) is 0. The molecule has 5 nitrogen and oxygen atoms in total. The van der Waals surface area contributed by atoms with E-state index in [1.54, 1.807) is 0 Å². The summed E-state index contributed by atoms with van der Waals surface area (Å²) < 4.78 is 4.46. The summed E-state index contributed by atoms with van der Waals surface area (Å²) in [6.07, 6.45) is 2.51. The van der Waals surface area contributed by atoms with Crippen molar-refractivity contribution in [2.75, 3.05) is 13.5 Å². The Morgan fingerprint density at radius 2 is 1.56 bits per heavy atom. The Kier molecular flexibility index (Phi) is 5.76. The van der Waals surface area contributed by atoms with Gasteiger partial charge in [-0.15, -0.1) is 0 Å². The Balaban J connectivity index is 3.09. The van der Waals surface area contributed by atoms with Gasteiger partial charge in [-0.25, -0.2) is 9.59 Å². The van der Waals surface area contributed by atoms with Crippen molar-refractivity contribution in [3.63, 3.8) is 0 Å². The van der Waals surface area contributed by atoms with Gasteiger partial charge in [0.15, 0.2) is 13.5 Å². The summed E-state index contributed by atoms with van der Waals surface area (Å²) in [5, 5.41) is 0. The molecule has 0 aliphatic carbocycles. The van der Waals surface area contributed by atoms with Gasteiger partial charge in [0, 0.05) is 0 Å². The van der Waals surface area contributed by atoms with E-state index in [1.165, 1.54) is 12.2 Å². The summed E-state index contributed by atoms with van der Waals surface area (Å²) in [5.41, 5.74) is 0. The molecule has 0 amide bonds. The van der Waals surface area contributed by atoms with Crippen molar-refractivity contribution in [1.29, 1.82) is 0 Å². The van der Waals surface area contributed by atoms with Crippen molar-refractivity contribution < 1.29 is 14.3 Å². The molecular formula is C4H4N2O3. The lowest BCUT2D eigenvalue weighted by atomic mass is 11.1. The lowest BCUT2D eigenvalue weighted by Crippen LogP contribution is -1.89. The minimum atomic E-state index is -0.116. The molecule has 0 aromatic rings. The van der Waals surface area contributed by atoms with E-state index in [4.69, 9.17) is 0 Å². The maximum Gasteiger partial charge on any atom is 0.237 e. The first kappa shape index (κ1) is 7.72. The average molecular weight is 128 g/mol. The van der Waals surface area contributed by atoms with Crippen LogP contribution in [0.4, 0.5) is 0 Å². The minimum absolute atomic E-state index is 0.116. The Morgan fingerprint density at radius 1 is 1.11 bits per heavy atom. The summed E-state index contributed by atoms with van der Waals surface area (Å²) in [5.74, 6) is 0. The number of aliphatic imine (C=N–C) groups is 2. The minimum Gasteiger partial charge on any atom is -0.335 e. The molecule has 0 fully saturated rings. The normalized spacial score (nSPS) is 7.11. The predicted octanol–water partition coefficient (Wildman–Crippen LogP) is -0.410. The zero-order chi connectivity index (χ0) is 6.95. The monoisotopic (exact) mass is 128 g/mol. The third kappa shape index (κ3) is 6.72. The van der Waals surface area contributed by atoms with Crippen molar-refractivity contribution in [2.24, 2.45) is 9.98 Å². The molecule has 0 saturated carbocycles. The fourth-order valence-electron chi connectivity index (χ4n) is 0.185. The van der Waals surface area contributed by atoms with Crippen molar-refractivity contribution in [1.82, 2.24) is 0 Å². The van der Waals surface area contributed by atoms with Crippen LogP contribution in [0.25, 0.3) is 0 Å². The molecule has 9 heavy (non-hydrogen) atoms. The first-order chi connectivity index (χ1) is 4.41. The largest absolute Gasteiger partial charge is 0.335 e. The van der Waals surface area contributed by atoms with Crippen molar-refractivity contribution >= 4 is 12.2 Å². The highest BCUT2D eigenvalue weighted by Crippen LogP contribution is 1.72. The van der Waals surface area contributed by atoms with E-state index >= 15 is 0 Å². The first-order valence-corrected chi connectivity index (χ1v) is 2.07. The van der Waals surface area contributed by atoms with Crippen LogP contribution in [0, 0.1) is 0 Å². The second kappa shape index (κ2) is 6.72. The Labute approximate surface area is 51.1 Å². The molecule has 0 unspecified atom stereocenters. The van der Waals surface area contributed by atoms with Crippen molar-refractivity contribution in [3.05, 3.63) is 0 Å². The smallest absolute Gasteiger partial charge is 0.237 e. The summed E-state index contributed by atoms with van der Waals surface area (Å²) in [6, 6.07) is 0. The molecule has 0 radical (unpaired) electrons. The standard InChI is InChI=1S/C4H4N2O3/c7-1-5-3-9-4-6-2-8/h3-4H2. The van der Waals surface area contributed by atoms with Crippen molar-refractivity contribution in [2.45, 2.75) is 0 Å². The lowest BCUT2D eigenvalue weighted by molar-refractivity contribution is 0.150. The number of rotatable bonds is 4. The Hall–Kier alpha value is -1.28. The number of hydrogen-bond donors (Lipinski definition) is 0. The van der Waals surface area contributed by atoms with Gasteiger partial charge in [-0.1, -0.05) is 0 Å². The third-order valence-electron chi connectivity index (χ3n) is 0.441. The molecule has 0 heterocycles. The van der Waals surface area contributed by atoms with Gasteiger partial charge in [0.25, 0.3) is 0 Å². The molecule has 0 aromatic carbocycles. The topological polar surface area (TPSA) is 68.1 Å². The Bertz CT molecular complexity index is 137. The number of nitrogens with zero attached hydrogens (tertiary/aromatic N) is 2. The fraction of sp³-hybridized carbons (Fsp3) is 0.500. The molecule has 0 spiro atoms. The van der Waals surface area contributed by atoms with Gasteiger partial charge < -0.3 is 4.74 Å². The number of ether oxygens (including phenoxy) is 1. The second-order valence-electron chi connectivity index (χ2n) is 0.961. The van der Waals surface area contributed by atoms with Gasteiger partial charge in [0.05, 0.1) is 0 Å². The molecular weight excluding hydrogens is 124 g/mol. The molecule has 0 bridgehead atoms. The van der Waals surface area contributed by atoms with E-state index in [-0.39, 0.29) is 13.5 Å².